The minimum atomic E-state index is -0.607. The lowest BCUT2D eigenvalue weighted by Gasteiger charge is -2.27. The van der Waals surface area contributed by atoms with Crippen molar-refractivity contribution in [3.63, 3.8) is 0 Å². The molecule has 0 aliphatic carbocycles. The molecule has 0 radical (unpaired) electrons. The molecule has 0 spiro atoms. The van der Waals surface area contributed by atoms with Crippen LogP contribution in [0, 0.1) is 5.82 Å². The van der Waals surface area contributed by atoms with Gasteiger partial charge in [-0.3, -0.25) is 4.90 Å². The number of hydrogen-bond donors (Lipinski definition) is 0. The number of halogens is 2. The summed E-state index contributed by atoms with van der Waals surface area (Å²) in [5.74, 6) is -0.274. The molecule has 0 aliphatic heterocycles. The lowest BCUT2D eigenvalue weighted by molar-refractivity contribution is 0.0581. The number of rotatable bonds is 8. The number of anilines is 1. The van der Waals surface area contributed by atoms with Gasteiger partial charge in [-0.1, -0.05) is 18.2 Å². The van der Waals surface area contributed by atoms with Gasteiger partial charge < -0.3 is 13.5 Å². The zero-order valence-electron chi connectivity index (χ0n) is 17.8. The van der Waals surface area contributed by atoms with Crippen molar-refractivity contribution in [3.05, 3.63) is 66.1 Å². The Morgan fingerprint density at radius 1 is 1.16 bits per heavy atom. The van der Waals surface area contributed by atoms with Crippen molar-refractivity contribution in [3.8, 4) is 0 Å². The summed E-state index contributed by atoms with van der Waals surface area (Å²) < 4.78 is 26.4. The Morgan fingerprint density at radius 3 is 2.58 bits per heavy atom. The summed E-state index contributed by atoms with van der Waals surface area (Å²) in [6, 6.07) is 14.3. The van der Waals surface area contributed by atoms with Crippen molar-refractivity contribution in [2.24, 2.45) is 0 Å². The van der Waals surface area contributed by atoms with E-state index in [4.69, 9.17) is 8.92 Å². The number of hydrogen-bond acceptors (Lipinski definition) is 4. The molecule has 5 nitrogen and oxygen atoms in total. The third-order valence-electron chi connectivity index (χ3n) is 4.68. The summed E-state index contributed by atoms with van der Waals surface area (Å²) in [6.07, 6.45) is 2.20. The molecule has 0 saturated heterocycles. The van der Waals surface area contributed by atoms with Crippen LogP contribution in [-0.2, 0) is 21.9 Å². The second kappa shape index (κ2) is 10.7. The fourth-order valence-corrected chi connectivity index (χ4v) is 3.91. The molecule has 2 aromatic carbocycles. The highest BCUT2D eigenvalue weighted by molar-refractivity contribution is 14.2. The SMILES string of the molecule is CC(C)(C)OC(=O)N(CCc1ccc(F)cc1)c1ccc2ccn(CCOSI)c2c1. The molecule has 0 fully saturated rings. The maximum absolute atomic E-state index is 13.2. The Kier molecular flexibility index (Phi) is 8.23. The Labute approximate surface area is 198 Å². The maximum Gasteiger partial charge on any atom is 0.414 e. The van der Waals surface area contributed by atoms with Crippen molar-refractivity contribution in [1.29, 1.82) is 0 Å². The van der Waals surface area contributed by atoms with Crippen molar-refractivity contribution in [2.75, 3.05) is 18.1 Å². The van der Waals surface area contributed by atoms with Gasteiger partial charge in [0.15, 0.2) is 0 Å². The highest BCUT2D eigenvalue weighted by Gasteiger charge is 2.24. The van der Waals surface area contributed by atoms with E-state index in [0.717, 1.165) is 22.2 Å². The zero-order valence-corrected chi connectivity index (χ0v) is 20.8. The number of nitrogens with zero attached hydrogens (tertiary/aromatic N) is 2. The predicted octanol–water partition coefficient (Wildman–Crippen LogP) is 6.78. The summed E-state index contributed by atoms with van der Waals surface area (Å²) in [7, 11) is 1.32. The monoisotopic (exact) mass is 556 g/mol. The molecule has 1 amide bonds. The highest BCUT2D eigenvalue weighted by atomic mass is 127. The minimum absolute atomic E-state index is 0.274. The molecule has 8 heteroatoms. The normalized spacial score (nSPS) is 11.6. The summed E-state index contributed by atoms with van der Waals surface area (Å²) in [5, 5.41) is 1.09. The van der Waals surface area contributed by atoms with Crippen LogP contribution in [0.3, 0.4) is 0 Å². The molecule has 1 aromatic heterocycles. The third-order valence-corrected chi connectivity index (χ3v) is 5.70. The molecular weight excluding hydrogens is 530 g/mol. The first-order chi connectivity index (χ1) is 14.8. The van der Waals surface area contributed by atoms with Gasteiger partial charge in [0.05, 0.1) is 21.3 Å². The number of aromatic nitrogens is 1. The zero-order chi connectivity index (χ0) is 22.4. The summed E-state index contributed by atoms with van der Waals surface area (Å²) >= 11 is 2.10. The summed E-state index contributed by atoms with van der Waals surface area (Å²) in [5.41, 5.74) is 2.13. The van der Waals surface area contributed by atoms with Crippen LogP contribution < -0.4 is 4.90 Å². The van der Waals surface area contributed by atoms with Gasteiger partial charge in [0.25, 0.3) is 0 Å². The molecule has 3 aromatic rings. The Balaban J connectivity index is 1.87. The molecule has 0 bridgehead atoms. The number of fused-ring (bicyclic) bond motifs is 1. The number of carbonyl (C=O) groups is 1. The van der Waals surface area contributed by atoms with Crippen molar-refractivity contribution >= 4 is 53.1 Å². The first-order valence-corrected chi connectivity index (χ1v) is 13.3. The van der Waals surface area contributed by atoms with Gasteiger partial charge in [-0.25, -0.2) is 9.18 Å². The third kappa shape index (κ3) is 6.85. The molecule has 1 heterocycles. The molecule has 166 valence electrons. The van der Waals surface area contributed by atoms with Crippen LogP contribution in [-0.4, -0.2) is 29.4 Å². The van der Waals surface area contributed by atoms with Gasteiger partial charge in [0.2, 0.25) is 0 Å². The van der Waals surface area contributed by atoms with Crippen LogP contribution >= 0.6 is 30.4 Å². The molecule has 0 atom stereocenters. The van der Waals surface area contributed by atoms with E-state index >= 15 is 0 Å². The van der Waals surface area contributed by atoms with E-state index in [-0.39, 0.29) is 5.82 Å². The van der Waals surface area contributed by atoms with Gasteiger partial charge in [0, 0.05) is 46.2 Å². The van der Waals surface area contributed by atoms with E-state index in [0.29, 0.717) is 26.1 Å². The van der Waals surface area contributed by atoms with Gasteiger partial charge in [-0.15, -0.1) is 0 Å². The van der Waals surface area contributed by atoms with Gasteiger partial charge in [0.1, 0.15) is 11.4 Å². The van der Waals surface area contributed by atoms with Crippen LogP contribution in [0.15, 0.2) is 54.7 Å². The molecule has 0 N–H and O–H groups in total. The van der Waals surface area contributed by atoms with Crippen molar-refractivity contribution < 1.29 is 18.1 Å². The maximum atomic E-state index is 13.2. The lowest BCUT2D eigenvalue weighted by Crippen LogP contribution is -2.38. The second-order valence-electron chi connectivity index (χ2n) is 8.15. The van der Waals surface area contributed by atoms with Crippen LogP contribution in [0.1, 0.15) is 26.3 Å². The molecule has 0 aliphatic rings. The topological polar surface area (TPSA) is 43.7 Å². The summed E-state index contributed by atoms with van der Waals surface area (Å²) in [4.78, 5) is 14.7. The average Bonchev–Trinajstić information content (AvgIpc) is 3.11. The smallest absolute Gasteiger partial charge is 0.414 e. The molecule has 0 unspecified atom stereocenters. The fourth-order valence-electron chi connectivity index (χ4n) is 3.24. The first-order valence-electron chi connectivity index (χ1n) is 10.0. The Bertz CT molecular complexity index is 1020. The van der Waals surface area contributed by atoms with Gasteiger partial charge in [-0.2, -0.15) is 0 Å². The quantitative estimate of drug-likeness (QED) is 0.174. The van der Waals surface area contributed by atoms with Crippen molar-refractivity contribution in [1.82, 2.24) is 4.57 Å². The average molecular weight is 556 g/mol. The van der Waals surface area contributed by atoms with Crippen molar-refractivity contribution in [2.45, 2.75) is 39.3 Å². The van der Waals surface area contributed by atoms with Crippen LogP contribution in [0.2, 0.25) is 0 Å². The van der Waals surface area contributed by atoms with E-state index in [9.17, 15) is 9.18 Å². The van der Waals surface area contributed by atoms with Crippen LogP contribution in [0.25, 0.3) is 10.9 Å². The van der Waals surface area contributed by atoms with Crippen LogP contribution in [0.5, 0.6) is 0 Å². The second-order valence-corrected chi connectivity index (χ2v) is 9.59. The van der Waals surface area contributed by atoms with E-state index in [1.54, 1.807) is 17.0 Å². The Hall–Kier alpha value is -1.78. The summed E-state index contributed by atoms with van der Waals surface area (Å²) in [6.45, 7) is 7.27. The largest absolute Gasteiger partial charge is 0.443 e. The lowest BCUT2D eigenvalue weighted by atomic mass is 10.1. The predicted molar refractivity (Wildman–Crippen MR) is 133 cm³/mol. The van der Waals surface area contributed by atoms with Gasteiger partial charge in [-0.05, 0) is 68.5 Å². The van der Waals surface area contributed by atoms with E-state index < -0.39 is 11.7 Å². The van der Waals surface area contributed by atoms with Crippen LogP contribution in [0.4, 0.5) is 14.9 Å². The van der Waals surface area contributed by atoms with Gasteiger partial charge >= 0.3 is 6.09 Å². The highest BCUT2D eigenvalue weighted by Crippen LogP contribution is 2.26. The van der Waals surface area contributed by atoms with E-state index in [1.807, 2.05) is 51.2 Å². The molecular formula is C23H26FIN2O3S. The number of ether oxygens (including phenoxy) is 1. The minimum Gasteiger partial charge on any atom is -0.443 e. The number of benzene rings is 2. The number of amides is 1. The molecule has 31 heavy (non-hydrogen) atoms. The Morgan fingerprint density at radius 2 is 1.90 bits per heavy atom. The molecule has 3 rings (SSSR count). The van der Waals surface area contributed by atoms with E-state index in [1.165, 1.54) is 21.3 Å². The first kappa shape index (κ1) is 23.9. The number of carbonyl (C=O) groups excluding carboxylic acids is 1. The molecule has 0 saturated carbocycles. The van der Waals surface area contributed by atoms with E-state index in [2.05, 4.69) is 25.8 Å². The fraction of sp³-hybridized carbons (Fsp3) is 0.348. The standard InChI is InChI=1S/C23H26FIN2O3S/c1-23(2,3)30-22(28)27(13-10-17-4-7-19(24)8-5-17)20-9-6-18-11-12-26(21(18)16-20)14-15-29-31-25/h4-9,11-12,16H,10,13-15H2,1-3H3.